The third-order valence-electron chi connectivity index (χ3n) is 4.38. The summed E-state index contributed by atoms with van der Waals surface area (Å²) in [6.45, 7) is 1.80. The molecule has 3 aromatic rings. The average molecular weight is 320 g/mol. The van der Waals surface area contributed by atoms with Crippen LogP contribution in [0.15, 0.2) is 42.5 Å². The lowest BCUT2D eigenvalue weighted by atomic mass is 9.98. The Morgan fingerprint density at radius 2 is 1.92 bits per heavy atom. The van der Waals surface area contributed by atoms with Gasteiger partial charge in [0.15, 0.2) is 5.82 Å². The van der Waals surface area contributed by atoms with Crippen molar-refractivity contribution < 1.29 is 9.90 Å². The summed E-state index contributed by atoms with van der Waals surface area (Å²) in [7, 11) is 0. The largest absolute Gasteiger partial charge is 0.478 e. The molecule has 24 heavy (non-hydrogen) atoms. The molecule has 4 rings (SSSR count). The average Bonchev–Trinajstić information content (AvgIpc) is 3.33. The number of carboxylic acid groups (broad SMARTS) is 1. The lowest BCUT2D eigenvalue weighted by Gasteiger charge is -2.13. The van der Waals surface area contributed by atoms with Gasteiger partial charge in [0.05, 0.1) is 11.3 Å². The SMILES string of the molecule is Cc1c(C(=O)O)cc(-c2ccccc2)cc1-n1nnnc1C1CC1. The Morgan fingerprint density at radius 1 is 1.17 bits per heavy atom. The monoisotopic (exact) mass is 320 g/mol. The summed E-state index contributed by atoms with van der Waals surface area (Å²) >= 11 is 0. The van der Waals surface area contributed by atoms with Crippen molar-refractivity contribution in [2.45, 2.75) is 25.7 Å². The van der Waals surface area contributed by atoms with E-state index in [-0.39, 0.29) is 5.56 Å². The molecule has 0 bridgehead atoms. The molecule has 0 amide bonds. The van der Waals surface area contributed by atoms with E-state index in [1.165, 1.54) is 0 Å². The molecule has 0 aliphatic heterocycles. The van der Waals surface area contributed by atoms with E-state index >= 15 is 0 Å². The minimum absolute atomic E-state index is 0.267. The maximum absolute atomic E-state index is 11.7. The van der Waals surface area contributed by atoms with Crippen molar-refractivity contribution in [3.05, 3.63) is 59.4 Å². The lowest BCUT2D eigenvalue weighted by molar-refractivity contribution is 0.0696. The minimum Gasteiger partial charge on any atom is -0.478 e. The van der Waals surface area contributed by atoms with Crippen LogP contribution < -0.4 is 0 Å². The molecular formula is C18H16N4O2. The Morgan fingerprint density at radius 3 is 2.58 bits per heavy atom. The second-order valence-corrected chi connectivity index (χ2v) is 6.06. The summed E-state index contributed by atoms with van der Waals surface area (Å²) in [6, 6.07) is 13.4. The Bertz CT molecular complexity index is 914. The van der Waals surface area contributed by atoms with Crippen LogP contribution >= 0.6 is 0 Å². The molecule has 0 unspecified atom stereocenters. The number of aromatic nitrogens is 4. The zero-order valence-corrected chi connectivity index (χ0v) is 13.2. The topological polar surface area (TPSA) is 80.9 Å². The zero-order valence-electron chi connectivity index (χ0n) is 13.2. The predicted molar refractivity (Wildman–Crippen MR) is 88.3 cm³/mol. The molecule has 120 valence electrons. The second kappa shape index (κ2) is 5.56. The normalized spacial score (nSPS) is 13.9. The van der Waals surface area contributed by atoms with Crippen LogP contribution in [0.1, 0.15) is 40.5 Å². The van der Waals surface area contributed by atoms with Crippen LogP contribution in [0.5, 0.6) is 0 Å². The van der Waals surface area contributed by atoms with E-state index in [0.717, 1.165) is 35.5 Å². The first-order valence-corrected chi connectivity index (χ1v) is 7.87. The highest BCUT2D eigenvalue weighted by Crippen LogP contribution is 2.40. The zero-order chi connectivity index (χ0) is 16.7. The smallest absolute Gasteiger partial charge is 0.336 e. The Balaban J connectivity index is 1.94. The number of aromatic carboxylic acids is 1. The summed E-state index contributed by atoms with van der Waals surface area (Å²) in [5.41, 5.74) is 3.45. The Hall–Kier alpha value is -3.02. The first-order valence-electron chi connectivity index (χ1n) is 7.87. The lowest BCUT2D eigenvalue weighted by Crippen LogP contribution is -2.09. The quantitative estimate of drug-likeness (QED) is 0.798. The van der Waals surface area contributed by atoms with Crippen LogP contribution in [0, 0.1) is 6.92 Å². The van der Waals surface area contributed by atoms with Crippen molar-refractivity contribution in [2.75, 3.05) is 0 Å². The molecule has 6 nitrogen and oxygen atoms in total. The third-order valence-corrected chi connectivity index (χ3v) is 4.38. The van der Waals surface area contributed by atoms with Crippen LogP contribution in [0.25, 0.3) is 16.8 Å². The van der Waals surface area contributed by atoms with E-state index in [1.807, 2.05) is 36.4 Å². The van der Waals surface area contributed by atoms with Gasteiger partial charge in [0.1, 0.15) is 0 Å². The number of rotatable bonds is 4. The number of hydrogen-bond donors (Lipinski definition) is 1. The molecule has 1 aromatic heterocycles. The molecule has 1 aliphatic carbocycles. The van der Waals surface area contributed by atoms with Crippen LogP contribution in [-0.4, -0.2) is 31.3 Å². The summed E-state index contributed by atoms with van der Waals surface area (Å²) in [5, 5.41) is 21.6. The molecule has 1 heterocycles. The van der Waals surface area contributed by atoms with Crippen molar-refractivity contribution in [3.8, 4) is 16.8 Å². The first kappa shape index (κ1) is 14.6. The highest BCUT2D eigenvalue weighted by molar-refractivity contribution is 5.92. The molecule has 1 N–H and O–H groups in total. The second-order valence-electron chi connectivity index (χ2n) is 6.06. The molecule has 0 spiro atoms. The highest BCUT2D eigenvalue weighted by atomic mass is 16.4. The number of benzene rings is 2. The molecular weight excluding hydrogens is 304 g/mol. The van der Waals surface area contributed by atoms with Gasteiger partial charge in [0.2, 0.25) is 0 Å². The minimum atomic E-state index is -0.951. The predicted octanol–water partition coefficient (Wildman–Crippen LogP) is 3.21. The molecule has 2 aromatic carbocycles. The van der Waals surface area contributed by atoms with E-state index < -0.39 is 5.97 Å². The van der Waals surface area contributed by atoms with E-state index in [9.17, 15) is 9.90 Å². The standard InChI is InChI=1S/C18H16N4O2/c1-11-15(18(23)24)9-14(12-5-3-2-4-6-12)10-16(11)22-17(13-7-8-13)19-20-21-22/h2-6,9-10,13H,7-8H2,1H3,(H,23,24). The van der Waals surface area contributed by atoms with Gasteiger partial charge in [-0.2, -0.15) is 4.68 Å². The Labute approximate surface area is 138 Å². The number of nitrogens with zero attached hydrogens (tertiary/aromatic N) is 4. The van der Waals surface area contributed by atoms with Crippen molar-refractivity contribution >= 4 is 5.97 Å². The van der Waals surface area contributed by atoms with Crippen LogP contribution in [0.2, 0.25) is 0 Å². The van der Waals surface area contributed by atoms with Crippen molar-refractivity contribution in [3.63, 3.8) is 0 Å². The summed E-state index contributed by atoms with van der Waals surface area (Å²) in [4.78, 5) is 11.7. The van der Waals surface area contributed by atoms with E-state index in [1.54, 1.807) is 17.7 Å². The summed E-state index contributed by atoms with van der Waals surface area (Å²) < 4.78 is 1.69. The van der Waals surface area contributed by atoms with Gasteiger partial charge in [-0.3, -0.25) is 0 Å². The van der Waals surface area contributed by atoms with Gasteiger partial charge in [0, 0.05) is 5.92 Å². The van der Waals surface area contributed by atoms with Crippen LogP contribution in [0.3, 0.4) is 0 Å². The van der Waals surface area contributed by atoms with Gasteiger partial charge in [-0.15, -0.1) is 5.10 Å². The van der Waals surface area contributed by atoms with Gasteiger partial charge in [0.25, 0.3) is 0 Å². The van der Waals surface area contributed by atoms with Gasteiger partial charge in [-0.05, 0) is 59.0 Å². The fraction of sp³-hybridized carbons (Fsp3) is 0.222. The summed E-state index contributed by atoms with van der Waals surface area (Å²) in [6.07, 6.45) is 2.15. The maximum atomic E-state index is 11.7. The molecule has 0 atom stereocenters. The molecule has 6 heteroatoms. The van der Waals surface area contributed by atoms with Crippen molar-refractivity contribution in [2.24, 2.45) is 0 Å². The van der Waals surface area contributed by atoms with Gasteiger partial charge >= 0.3 is 5.97 Å². The Kier molecular flexibility index (Phi) is 3.37. The molecule has 1 aliphatic rings. The molecule has 1 saturated carbocycles. The molecule has 1 fully saturated rings. The van der Waals surface area contributed by atoms with Gasteiger partial charge < -0.3 is 5.11 Å². The number of carbonyl (C=O) groups is 1. The first-order chi connectivity index (χ1) is 11.6. The summed E-state index contributed by atoms with van der Waals surface area (Å²) in [5.74, 6) is 0.222. The molecule has 0 radical (unpaired) electrons. The van der Waals surface area contributed by atoms with Gasteiger partial charge in [-0.25, -0.2) is 4.79 Å². The highest BCUT2D eigenvalue weighted by Gasteiger charge is 2.30. The maximum Gasteiger partial charge on any atom is 0.336 e. The van der Waals surface area contributed by atoms with Crippen molar-refractivity contribution in [1.82, 2.24) is 20.2 Å². The van der Waals surface area contributed by atoms with Gasteiger partial charge in [-0.1, -0.05) is 30.3 Å². The van der Waals surface area contributed by atoms with E-state index in [4.69, 9.17) is 0 Å². The fourth-order valence-electron chi connectivity index (χ4n) is 2.90. The van der Waals surface area contributed by atoms with Crippen LogP contribution in [0.4, 0.5) is 0 Å². The van der Waals surface area contributed by atoms with E-state index in [2.05, 4.69) is 15.5 Å². The van der Waals surface area contributed by atoms with Crippen LogP contribution in [-0.2, 0) is 0 Å². The number of tetrazole rings is 1. The fourth-order valence-corrected chi connectivity index (χ4v) is 2.90. The third kappa shape index (κ3) is 2.46. The number of hydrogen-bond acceptors (Lipinski definition) is 4. The van der Waals surface area contributed by atoms with Crippen molar-refractivity contribution in [1.29, 1.82) is 0 Å². The van der Waals surface area contributed by atoms with E-state index in [0.29, 0.717) is 11.5 Å². The molecule has 0 saturated heterocycles. The number of carboxylic acids is 1.